The highest BCUT2D eigenvalue weighted by Gasteiger charge is 2.19. The molecule has 1 heterocycles. The summed E-state index contributed by atoms with van der Waals surface area (Å²) in [5, 5.41) is 3.21. The van der Waals surface area contributed by atoms with Gasteiger partial charge in [-0.2, -0.15) is 0 Å². The Labute approximate surface area is 113 Å². The highest BCUT2D eigenvalue weighted by molar-refractivity contribution is 5.45. The van der Waals surface area contributed by atoms with Crippen LogP contribution in [0.25, 0.3) is 0 Å². The van der Waals surface area contributed by atoms with E-state index < -0.39 is 11.6 Å². The van der Waals surface area contributed by atoms with Gasteiger partial charge in [-0.05, 0) is 51.8 Å². The molecule has 0 aliphatic carbocycles. The van der Waals surface area contributed by atoms with Crippen LogP contribution in [-0.4, -0.2) is 30.1 Å². The van der Waals surface area contributed by atoms with Crippen molar-refractivity contribution in [3.05, 3.63) is 29.8 Å². The van der Waals surface area contributed by atoms with E-state index in [0.29, 0.717) is 11.7 Å². The van der Waals surface area contributed by atoms with Gasteiger partial charge in [-0.3, -0.25) is 0 Å². The van der Waals surface area contributed by atoms with Gasteiger partial charge in [0, 0.05) is 24.7 Å². The minimum absolute atomic E-state index is 0.267. The Hall–Kier alpha value is -1.16. The molecule has 1 unspecified atom stereocenters. The molecule has 1 atom stereocenters. The third kappa shape index (κ3) is 3.90. The number of hydrogen-bond acceptors (Lipinski definition) is 2. The Balaban J connectivity index is 1.96. The van der Waals surface area contributed by atoms with Crippen LogP contribution in [0.3, 0.4) is 0 Å². The zero-order valence-electron chi connectivity index (χ0n) is 11.6. The minimum Gasteiger partial charge on any atom is -0.380 e. The third-order valence-electron chi connectivity index (χ3n) is 3.78. The highest BCUT2D eigenvalue weighted by atomic mass is 19.1. The molecule has 0 amide bonds. The first-order chi connectivity index (χ1) is 9.06. The van der Waals surface area contributed by atoms with Crippen molar-refractivity contribution in [2.75, 3.05) is 18.4 Å². The summed E-state index contributed by atoms with van der Waals surface area (Å²) in [7, 11) is 0. The van der Waals surface area contributed by atoms with E-state index in [-0.39, 0.29) is 6.04 Å². The van der Waals surface area contributed by atoms with Gasteiger partial charge in [0.05, 0.1) is 5.69 Å². The van der Waals surface area contributed by atoms with E-state index in [1.165, 1.54) is 12.1 Å². The van der Waals surface area contributed by atoms with Crippen molar-refractivity contribution in [3.63, 3.8) is 0 Å². The van der Waals surface area contributed by atoms with E-state index in [4.69, 9.17) is 0 Å². The fourth-order valence-corrected chi connectivity index (χ4v) is 2.61. The van der Waals surface area contributed by atoms with E-state index in [0.717, 1.165) is 38.4 Å². The molecule has 0 saturated carbocycles. The van der Waals surface area contributed by atoms with Gasteiger partial charge < -0.3 is 10.2 Å². The maximum atomic E-state index is 13.6. The first-order valence-corrected chi connectivity index (χ1v) is 7.02. The average molecular weight is 268 g/mol. The van der Waals surface area contributed by atoms with E-state index in [1.807, 2.05) is 0 Å². The lowest BCUT2D eigenvalue weighted by Crippen LogP contribution is -2.32. The number of anilines is 1. The maximum absolute atomic E-state index is 13.6. The zero-order chi connectivity index (χ0) is 13.8. The molecule has 1 aliphatic rings. The molecule has 106 valence electrons. The summed E-state index contributed by atoms with van der Waals surface area (Å²) in [5.41, 5.74) is 0.407. The van der Waals surface area contributed by atoms with Crippen molar-refractivity contribution in [3.8, 4) is 0 Å². The summed E-state index contributed by atoms with van der Waals surface area (Å²) in [6.45, 7) is 6.53. The van der Waals surface area contributed by atoms with Crippen molar-refractivity contribution < 1.29 is 8.78 Å². The van der Waals surface area contributed by atoms with E-state index in [1.54, 1.807) is 0 Å². The molecule has 1 aromatic rings. The standard InChI is InChI=1S/C15H22F2N2/c1-11(2)19-8-3-4-13(7-9-19)18-15-6-5-12(16)10-14(15)17/h5-6,10-11,13,18H,3-4,7-9H2,1-2H3. The van der Waals surface area contributed by atoms with Crippen LogP contribution in [-0.2, 0) is 0 Å². The lowest BCUT2D eigenvalue weighted by molar-refractivity contribution is 0.230. The van der Waals surface area contributed by atoms with Crippen molar-refractivity contribution in [1.82, 2.24) is 4.90 Å². The summed E-state index contributed by atoms with van der Waals surface area (Å²) in [5.74, 6) is -1.04. The average Bonchev–Trinajstić information content (AvgIpc) is 2.58. The molecule has 1 saturated heterocycles. The monoisotopic (exact) mass is 268 g/mol. The highest BCUT2D eigenvalue weighted by Crippen LogP contribution is 2.21. The van der Waals surface area contributed by atoms with Gasteiger partial charge in [-0.15, -0.1) is 0 Å². The second kappa shape index (κ2) is 6.33. The molecular formula is C15H22F2N2. The van der Waals surface area contributed by atoms with Gasteiger partial charge in [-0.25, -0.2) is 8.78 Å². The molecule has 2 rings (SSSR count). The van der Waals surface area contributed by atoms with Crippen LogP contribution in [0.4, 0.5) is 14.5 Å². The number of likely N-dealkylation sites (tertiary alicyclic amines) is 1. The summed E-state index contributed by atoms with van der Waals surface area (Å²) >= 11 is 0. The van der Waals surface area contributed by atoms with E-state index in [9.17, 15) is 8.78 Å². The Morgan fingerprint density at radius 2 is 2.00 bits per heavy atom. The summed E-state index contributed by atoms with van der Waals surface area (Å²) in [6, 6.07) is 4.53. The Morgan fingerprint density at radius 1 is 1.21 bits per heavy atom. The van der Waals surface area contributed by atoms with Crippen molar-refractivity contribution in [2.24, 2.45) is 0 Å². The van der Waals surface area contributed by atoms with Gasteiger partial charge in [0.15, 0.2) is 0 Å². The number of nitrogens with zero attached hydrogens (tertiary/aromatic N) is 1. The third-order valence-corrected chi connectivity index (χ3v) is 3.78. The molecule has 0 aromatic heterocycles. The Kier molecular flexibility index (Phi) is 4.75. The number of benzene rings is 1. The normalized spacial score (nSPS) is 21.4. The molecule has 4 heteroatoms. The van der Waals surface area contributed by atoms with Gasteiger partial charge in [0.25, 0.3) is 0 Å². The first kappa shape index (κ1) is 14.3. The SMILES string of the molecule is CC(C)N1CCCC(Nc2ccc(F)cc2F)CC1. The van der Waals surface area contributed by atoms with Crippen LogP contribution < -0.4 is 5.32 Å². The molecule has 1 N–H and O–H groups in total. The number of rotatable bonds is 3. The van der Waals surface area contributed by atoms with Gasteiger partial charge in [0.2, 0.25) is 0 Å². The first-order valence-electron chi connectivity index (χ1n) is 7.02. The van der Waals surface area contributed by atoms with Crippen LogP contribution in [0.1, 0.15) is 33.1 Å². The van der Waals surface area contributed by atoms with E-state index >= 15 is 0 Å². The lowest BCUT2D eigenvalue weighted by Gasteiger charge is -2.24. The van der Waals surface area contributed by atoms with Crippen LogP contribution in [0, 0.1) is 11.6 Å². The minimum atomic E-state index is -0.533. The largest absolute Gasteiger partial charge is 0.380 e. The Bertz CT molecular complexity index is 421. The second-order valence-corrected chi connectivity index (χ2v) is 5.53. The van der Waals surface area contributed by atoms with Crippen molar-refractivity contribution in [2.45, 2.75) is 45.2 Å². The second-order valence-electron chi connectivity index (χ2n) is 5.53. The topological polar surface area (TPSA) is 15.3 Å². The van der Waals surface area contributed by atoms with Gasteiger partial charge in [0.1, 0.15) is 11.6 Å². The van der Waals surface area contributed by atoms with Crippen molar-refractivity contribution >= 4 is 5.69 Å². The van der Waals surface area contributed by atoms with Crippen LogP contribution in [0.2, 0.25) is 0 Å². The molecular weight excluding hydrogens is 246 g/mol. The molecule has 0 bridgehead atoms. The zero-order valence-corrected chi connectivity index (χ0v) is 11.6. The maximum Gasteiger partial charge on any atom is 0.149 e. The predicted molar refractivity (Wildman–Crippen MR) is 74.3 cm³/mol. The molecule has 0 radical (unpaired) electrons. The molecule has 19 heavy (non-hydrogen) atoms. The van der Waals surface area contributed by atoms with Gasteiger partial charge >= 0.3 is 0 Å². The van der Waals surface area contributed by atoms with Crippen LogP contribution in [0.5, 0.6) is 0 Å². The molecule has 1 fully saturated rings. The molecule has 1 aromatic carbocycles. The Morgan fingerprint density at radius 3 is 2.68 bits per heavy atom. The number of nitrogens with one attached hydrogen (secondary N) is 1. The van der Waals surface area contributed by atoms with Crippen LogP contribution >= 0.6 is 0 Å². The molecule has 2 nitrogen and oxygen atoms in total. The fourth-order valence-electron chi connectivity index (χ4n) is 2.61. The fraction of sp³-hybridized carbons (Fsp3) is 0.600. The number of hydrogen-bond donors (Lipinski definition) is 1. The summed E-state index contributed by atoms with van der Waals surface area (Å²) < 4.78 is 26.5. The smallest absolute Gasteiger partial charge is 0.149 e. The quantitative estimate of drug-likeness (QED) is 0.900. The molecule has 0 spiro atoms. The van der Waals surface area contributed by atoms with Gasteiger partial charge in [-0.1, -0.05) is 0 Å². The van der Waals surface area contributed by atoms with E-state index in [2.05, 4.69) is 24.1 Å². The number of halogens is 2. The van der Waals surface area contributed by atoms with Crippen molar-refractivity contribution in [1.29, 1.82) is 0 Å². The molecule has 1 aliphatic heterocycles. The summed E-state index contributed by atoms with van der Waals surface area (Å²) in [4.78, 5) is 2.45. The predicted octanol–water partition coefficient (Wildman–Crippen LogP) is 3.64. The summed E-state index contributed by atoms with van der Waals surface area (Å²) in [6.07, 6.45) is 3.13. The lowest BCUT2D eigenvalue weighted by atomic mass is 10.1. The van der Waals surface area contributed by atoms with Crippen LogP contribution in [0.15, 0.2) is 18.2 Å².